The van der Waals surface area contributed by atoms with Crippen molar-refractivity contribution >= 4 is 40.6 Å². The van der Waals surface area contributed by atoms with Gasteiger partial charge in [0.25, 0.3) is 5.91 Å². The minimum Gasteiger partial charge on any atom is -0.320 e. The first-order valence-corrected chi connectivity index (χ1v) is 9.07. The van der Waals surface area contributed by atoms with Crippen molar-refractivity contribution in [2.45, 2.75) is 13.0 Å². The highest BCUT2D eigenvalue weighted by Crippen LogP contribution is 2.22. The van der Waals surface area contributed by atoms with Crippen molar-refractivity contribution in [2.75, 3.05) is 5.32 Å². The van der Waals surface area contributed by atoms with Gasteiger partial charge < -0.3 is 5.32 Å². The zero-order chi connectivity index (χ0) is 19.4. The summed E-state index contributed by atoms with van der Waals surface area (Å²) in [6.45, 7) is 1.76. The second-order valence-electron chi connectivity index (χ2n) is 6.05. The topological polar surface area (TPSA) is 50.1 Å². The fraction of sp³-hybridized carbons (Fsp3) is 0.0952. The standard InChI is InChI=1S/C21H16Cl2N2O2/c1-14(21(27)24-19-12-17(22)11-18(23)13-19)25-9-7-16(8-10-25)20(26)15-5-3-2-4-6-15/h2-14H,1H3/p+1/t14-/m1/s1. The number of amides is 1. The number of hydrogen-bond donors (Lipinski definition) is 1. The first kappa shape index (κ1) is 19.1. The number of carbonyl (C=O) groups excluding carboxylic acids is 2. The lowest BCUT2D eigenvalue weighted by Crippen LogP contribution is -2.44. The second kappa shape index (κ2) is 8.33. The second-order valence-corrected chi connectivity index (χ2v) is 6.93. The van der Waals surface area contributed by atoms with Gasteiger partial charge in [0, 0.05) is 45.9 Å². The number of carbonyl (C=O) groups is 2. The van der Waals surface area contributed by atoms with Gasteiger partial charge in [0.1, 0.15) is 0 Å². The molecule has 0 spiro atoms. The molecule has 1 N–H and O–H groups in total. The summed E-state index contributed by atoms with van der Waals surface area (Å²) in [5.74, 6) is -0.283. The van der Waals surface area contributed by atoms with E-state index < -0.39 is 6.04 Å². The van der Waals surface area contributed by atoms with Gasteiger partial charge in [-0.25, -0.2) is 0 Å². The molecule has 4 nitrogen and oxygen atoms in total. The van der Waals surface area contributed by atoms with Crippen LogP contribution in [0.25, 0.3) is 0 Å². The number of pyridine rings is 1. The molecule has 0 bridgehead atoms. The minimum absolute atomic E-state index is 0.0616. The Morgan fingerprint density at radius 3 is 2.04 bits per heavy atom. The van der Waals surface area contributed by atoms with Crippen LogP contribution in [0.4, 0.5) is 5.69 Å². The van der Waals surface area contributed by atoms with E-state index in [9.17, 15) is 9.59 Å². The molecule has 0 fully saturated rings. The third kappa shape index (κ3) is 4.73. The van der Waals surface area contributed by atoms with E-state index in [0.717, 1.165) is 0 Å². The van der Waals surface area contributed by atoms with Crippen molar-refractivity contribution in [1.82, 2.24) is 0 Å². The van der Waals surface area contributed by atoms with Crippen LogP contribution in [0, 0.1) is 0 Å². The Bertz CT molecular complexity index is 953. The van der Waals surface area contributed by atoms with Gasteiger partial charge in [-0.15, -0.1) is 0 Å². The minimum atomic E-state index is -0.483. The Morgan fingerprint density at radius 1 is 0.889 bits per heavy atom. The van der Waals surface area contributed by atoms with Crippen molar-refractivity contribution in [3.05, 3.63) is 94.2 Å². The van der Waals surface area contributed by atoms with Crippen LogP contribution in [-0.2, 0) is 4.79 Å². The maximum atomic E-state index is 12.5. The molecule has 0 saturated heterocycles. The van der Waals surface area contributed by atoms with E-state index in [1.165, 1.54) is 0 Å². The van der Waals surface area contributed by atoms with Gasteiger partial charge >= 0.3 is 0 Å². The van der Waals surface area contributed by atoms with Crippen molar-refractivity contribution in [2.24, 2.45) is 0 Å². The molecule has 0 aliphatic rings. The Labute approximate surface area is 167 Å². The van der Waals surface area contributed by atoms with E-state index in [1.807, 2.05) is 18.2 Å². The number of halogens is 2. The monoisotopic (exact) mass is 399 g/mol. The van der Waals surface area contributed by atoms with E-state index in [0.29, 0.717) is 26.9 Å². The molecule has 3 rings (SSSR count). The van der Waals surface area contributed by atoms with Gasteiger partial charge in [-0.2, -0.15) is 4.57 Å². The number of nitrogens with one attached hydrogen (secondary N) is 1. The highest BCUT2D eigenvalue weighted by molar-refractivity contribution is 6.35. The summed E-state index contributed by atoms with van der Waals surface area (Å²) in [6.07, 6.45) is 3.43. The summed E-state index contributed by atoms with van der Waals surface area (Å²) in [6, 6.07) is 16.8. The third-order valence-corrected chi connectivity index (χ3v) is 4.54. The van der Waals surface area contributed by atoms with E-state index in [4.69, 9.17) is 23.2 Å². The molecular formula is C21H17Cl2N2O2+. The summed E-state index contributed by atoms with van der Waals surface area (Å²) in [7, 11) is 0. The highest BCUT2D eigenvalue weighted by atomic mass is 35.5. The number of benzene rings is 2. The number of aromatic nitrogens is 1. The van der Waals surface area contributed by atoms with Gasteiger partial charge in [-0.05, 0) is 18.2 Å². The lowest BCUT2D eigenvalue weighted by Gasteiger charge is -2.10. The molecule has 0 aliphatic heterocycles. The summed E-state index contributed by atoms with van der Waals surface area (Å²) in [4.78, 5) is 24.9. The molecule has 136 valence electrons. The summed E-state index contributed by atoms with van der Waals surface area (Å²) >= 11 is 11.9. The molecule has 0 aliphatic carbocycles. The van der Waals surface area contributed by atoms with Crippen LogP contribution >= 0.6 is 23.2 Å². The Morgan fingerprint density at radius 2 is 1.44 bits per heavy atom. The van der Waals surface area contributed by atoms with Crippen molar-refractivity contribution in [3.8, 4) is 0 Å². The quantitative estimate of drug-likeness (QED) is 0.498. The van der Waals surface area contributed by atoms with E-state index in [1.54, 1.807) is 66.3 Å². The largest absolute Gasteiger partial charge is 0.320 e. The van der Waals surface area contributed by atoms with Crippen molar-refractivity contribution in [3.63, 3.8) is 0 Å². The fourth-order valence-corrected chi connectivity index (χ4v) is 3.14. The van der Waals surface area contributed by atoms with Crippen LogP contribution < -0.4 is 9.88 Å². The highest BCUT2D eigenvalue weighted by Gasteiger charge is 2.22. The molecule has 0 radical (unpaired) electrons. The predicted molar refractivity (Wildman–Crippen MR) is 106 cm³/mol. The molecule has 2 aromatic carbocycles. The Balaban J connectivity index is 1.72. The van der Waals surface area contributed by atoms with Crippen molar-refractivity contribution in [1.29, 1.82) is 0 Å². The average Bonchev–Trinajstić information content (AvgIpc) is 2.67. The number of anilines is 1. The number of ketones is 1. The third-order valence-electron chi connectivity index (χ3n) is 4.11. The molecule has 27 heavy (non-hydrogen) atoms. The first-order valence-electron chi connectivity index (χ1n) is 8.31. The lowest BCUT2D eigenvalue weighted by atomic mass is 10.0. The summed E-state index contributed by atoms with van der Waals surface area (Å²) in [5.41, 5.74) is 1.71. The van der Waals surface area contributed by atoms with Crippen LogP contribution in [0.15, 0.2) is 73.1 Å². The van der Waals surface area contributed by atoms with Gasteiger partial charge in [0.15, 0.2) is 18.2 Å². The van der Waals surface area contributed by atoms with E-state index in [-0.39, 0.29) is 11.7 Å². The summed E-state index contributed by atoms with van der Waals surface area (Å²) < 4.78 is 1.73. The molecule has 6 heteroatoms. The zero-order valence-electron chi connectivity index (χ0n) is 14.5. The van der Waals surface area contributed by atoms with Crippen LogP contribution in [0.2, 0.25) is 10.0 Å². The molecular weight excluding hydrogens is 383 g/mol. The fourth-order valence-electron chi connectivity index (χ4n) is 2.61. The molecule has 1 heterocycles. The summed E-state index contributed by atoms with van der Waals surface area (Å²) in [5, 5.41) is 3.68. The first-order chi connectivity index (χ1) is 12.9. The Kier molecular flexibility index (Phi) is 5.89. The van der Waals surface area contributed by atoms with E-state index >= 15 is 0 Å². The van der Waals surface area contributed by atoms with Crippen molar-refractivity contribution < 1.29 is 14.2 Å². The maximum Gasteiger partial charge on any atom is 0.293 e. The Hall–Kier alpha value is -2.69. The average molecular weight is 400 g/mol. The number of nitrogens with zero attached hydrogens (tertiary/aromatic N) is 1. The van der Waals surface area contributed by atoms with Gasteiger partial charge in [0.05, 0.1) is 0 Å². The molecule has 3 aromatic rings. The van der Waals surface area contributed by atoms with E-state index in [2.05, 4.69) is 5.32 Å². The molecule has 0 unspecified atom stereocenters. The number of rotatable bonds is 5. The molecule has 1 atom stereocenters. The molecule has 1 aromatic heterocycles. The maximum absolute atomic E-state index is 12.5. The predicted octanol–water partition coefficient (Wildman–Crippen LogP) is 4.71. The van der Waals surface area contributed by atoms with Crippen LogP contribution in [-0.4, -0.2) is 11.7 Å². The van der Waals surface area contributed by atoms with Crippen LogP contribution in [0.5, 0.6) is 0 Å². The van der Waals surface area contributed by atoms with Gasteiger partial charge in [0.2, 0.25) is 6.04 Å². The molecule has 0 saturated carbocycles. The SMILES string of the molecule is C[C@H](C(=O)Nc1cc(Cl)cc(Cl)c1)[n+]1ccc(C(=O)c2ccccc2)cc1. The smallest absolute Gasteiger partial charge is 0.293 e. The lowest BCUT2D eigenvalue weighted by molar-refractivity contribution is -0.705. The van der Waals surface area contributed by atoms with Gasteiger partial charge in [-0.3, -0.25) is 9.59 Å². The van der Waals surface area contributed by atoms with Gasteiger partial charge in [-0.1, -0.05) is 53.5 Å². The van der Waals surface area contributed by atoms with Crippen LogP contribution in [0.3, 0.4) is 0 Å². The molecule has 1 amide bonds. The zero-order valence-corrected chi connectivity index (χ0v) is 16.0. The normalized spacial score (nSPS) is 11.7. The van der Waals surface area contributed by atoms with Crippen LogP contribution in [0.1, 0.15) is 28.9 Å². The number of hydrogen-bond acceptors (Lipinski definition) is 2.